The minimum absolute atomic E-state index is 0.126. The fourth-order valence-electron chi connectivity index (χ4n) is 5.35. The molecule has 2 aromatic carbocycles. The molecule has 51 heavy (non-hydrogen) atoms. The number of ether oxygens (including phenoxy) is 2. The van der Waals surface area contributed by atoms with E-state index in [1.165, 1.54) is 4.90 Å². The van der Waals surface area contributed by atoms with E-state index in [4.69, 9.17) is 21.6 Å². The number of nitrogens with zero attached hydrogens (tertiary/aromatic N) is 1. The number of primary amides is 1. The third kappa shape index (κ3) is 15.7. The number of carbonyl (C=O) groups excluding carboxylic acids is 5. The third-order valence-electron chi connectivity index (χ3n) is 7.70. The Bertz CT molecular complexity index is 1490. The standard InChI is InChI=1S/C40H56N4O7/c1-9-11-12-13-17-26-44(36(47)31(24-25-33(41)45)43-38(49)51-40(6,7)8)34(30-22-20-28(10-2)21-23-30)35(46)42-32(37(48)50-39(3,4)5)27-29-18-15-14-16-19-29/h2,14-16,18-23,31-32,34H,9,11-13,17,24-27H2,1,3-8H3,(H2,41,45)(H,42,46)(H,43,49). The lowest BCUT2D eigenvalue weighted by Gasteiger charge is -2.35. The van der Waals surface area contributed by atoms with E-state index in [0.29, 0.717) is 17.5 Å². The molecule has 0 bridgehead atoms. The summed E-state index contributed by atoms with van der Waals surface area (Å²) in [6.45, 7) is 12.5. The average molecular weight is 705 g/mol. The lowest BCUT2D eigenvalue weighted by molar-refractivity contribution is -0.159. The summed E-state index contributed by atoms with van der Waals surface area (Å²) in [5.41, 5.74) is 5.56. The Labute approximate surface area is 303 Å². The Morgan fingerprint density at radius 2 is 1.43 bits per heavy atom. The Balaban J connectivity index is 2.67. The smallest absolute Gasteiger partial charge is 0.408 e. The van der Waals surface area contributed by atoms with Crippen molar-refractivity contribution in [1.82, 2.24) is 15.5 Å². The number of unbranched alkanes of at least 4 members (excludes halogenated alkanes) is 4. The number of benzene rings is 2. The van der Waals surface area contributed by atoms with Gasteiger partial charge in [0.15, 0.2) is 0 Å². The van der Waals surface area contributed by atoms with Gasteiger partial charge < -0.3 is 30.7 Å². The molecule has 0 spiro atoms. The quantitative estimate of drug-likeness (QED) is 0.102. The molecule has 3 unspecified atom stereocenters. The number of nitrogens with one attached hydrogen (secondary N) is 2. The van der Waals surface area contributed by atoms with Crippen molar-refractivity contribution in [1.29, 1.82) is 0 Å². The number of hydrogen-bond donors (Lipinski definition) is 3. The summed E-state index contributed by atoms with van der Waals surface area (Å²) >= 11 is 0. The van der Waals surface area contributed by atoms with Gasteiger partial charge in [0.2, 0.25) is 17.7 Å². The van der Waals surface area contributed by atoms with E-state index < -0.39 is 59.1 Å². The van der Waals surface area contributed by atoms with Crippen LogP contribution < -0.4 is 16.4 Å². The van der Waals surface area contributed by atoms with Crippen molar-refractivity contribution in [3.8, 4) is 12.3 Å². The third-order valence-corrected chi connectivity index (χ3v) is 7.70. The van der Waals surface area contributed by atoms with Crippen molar-refractivity contribution in [3.05, 3.63) is 71.3 Å². The maximum atomic E-state index is 14.6. The molecule has 11 heteroatoms. The number of carbonyl (C=O) groups is 5. The van der Waals surface area contributed by atoms with E-state index in [0.717, 1.165) is 31.2 Å². The van der Waals surface area contributed by atoms with Crippen LogP contribution in [0.3, 0.4) is 0 Å². The van der Waals surface area contributed by atoms with E-state index in [1.807, 2.05) is 30.3 Å². The first-order valence-corrected chi connectivity index (χ1v) is 17.7. The predicted molar refractivity (Wildman–Crippen MR) is 197 cm³/mol. The molecule has 0 fully saturated rings. The second kappa shape index (κ2) is 20.1. The lowest BCUT2D eigenvalue weighted by Crippen LogP contribution is -2.55. The first kappa shape index (κ1) is 42.3. The van der Waals surface area contributed by atoms with Gasteiger partial charge in [0.1, 0.15) is 29.3 Å². The molecule has 4 amide bonds. The van der Waals surface area contributed by atoms with E-state index in [9.17, 15) is 24.0 Å². The van der Waals surface area contributed by atoms with Gasteiger partial charge in [0.25, 0.3) is 0 Å². The van der Waals surface area contributed by atoms with Crippen LogP contribution >= 0.6 is 0 Å². The fraction of sp³-hybridized carbons (Fsp3) is 0.525. The zero-order valence-corrected chi connectivity index (χ0v) is 31.3. The first-order valence-electron chi connectivity index (χ1n) is 17.7. The summed E-state index contributed by atoms with van der Waals surface area (Å²) in [6, 6.07) is 12.3. The second-order valence-corrected chi connectivity index (χ2v) is 14.6. The molecule has 278 valence electrons. The Morgan fingerprint density at radius 3 is 1.98 bits per heavy atom. The van der Waals surface area contributed by atoms with Crippen LogP contribution in [0.2, 0.25) is 0 Å². The molecule has 0 saturated carbocycles. The van der Waals surface area contributed by atoms with E-state index >= 15 is 0 Å². The maximum absolute atomic E-state index is 14.6. The highest BCUT2D eigenvalue weighted by atomic mass is 16.6. The topological polar surface area (TPSA) is 157 Å². The molecular formula is C40H56N4O7. The summed E-state index contributed by atoms with van der Waals surface area (Å²) in [6.07, 6.45) is 8.83. The van der Waals surface area contributed by atoms with Gasteiger partial charge in [-0.2, -0.15) is 0 Å². The Kier molecular flexibility index (Phi) is 16.7. The summed E-state index contributed by atoms with van der Waals surface area (Å²) in [5.74, 6) is 0.0148. The van der Waals surface area contributed by atoms with Crippen molar-refractivity contribution >= 4 is 29.8 Å². The van der Waals surface area contributed by atoms with Crippen molar-refractivity contribution < 1.29 is 33.4 Å². The summed E-state index contributed by atoms with van der Waals surface area (Å²) in [7, 11) is 0. The normalized spacial score (nSPS) is 13.1. The monoisotopic (exact) mass is 704 g/mol. The minimum Gasteiger partial charge on any atom is -0.458 e. The number of amides is 4. The summed E-state index contributed by atoms with van der Waals surface area (Å²) < 4.78 is 11.2. The van der Waals surface area contributed by atoms with Gasteiger partial charge in [-0.1, -0.05) is 81.0 Å². The van der Waals surface area contributed by atoms with Gasteiger partial charge >= 0.3 is 12.1 Å². The van der Waals surface area contributed by atoms with Crippen molar-refractivity contribution in [2.45, 2.75) is 129 Å². The molecule has 0 heterocycles. The largest absolute Gasteiger partial charge is 0.458 e. The SMILES string of the molecule is C#Cc1ccc(C(C(=O)NC(Cc2ccccc2)C(=O)OC(C)(C)C)N(CCCCCCC)C(=O)C(CCC(N)=O)NC(=O)OC(C)(C)C)cc1. The Hall–Kier alpha value is -4.85. The van der Waals surface area contributed by atoms with Crippen LogP contribution in [0.4, 0.5) is 4.79 Å². The molecule has 0 aliphatic rings. The average Bonchev–Trinajstić information content (AvgIpc) is 3.04. The van der Waals surface area contributed by atoms with Gasteiger partial charge in [-0.15, -0.1) is 6.42 Å². The number of nitrogens with two attached hydrogens (primary N) is 1. The molecule has 11 nitrogen and oxygen atoms in total. The van der Waals surface area contributed by atoms with E-state index in [-0.39, 0.29) is 25.8 Å². The number of esters is 1. The summed E-state index contributed by atoms with van der Waals surface area (Å²) in [4.78, 5) is 69.0. The van der Waals surface area contributed by atoms with Gasteiger partial charge in [-0.05, 0) is 77.6 Å². The predicted octanol–water partition coefficient (Wildman–Crippen LogP) is 5.74. The summed E-state index contributed by atoms with van der Waals surface area (Å²) in [5, 5.41) is 5.50. The van der Waals surface area contributed by atoms with E-state index in [2.05, 4.69) is 23.5 Å². The molecular weight excluding hydrogens is 648 g/mol. The van der Waals surface area contributed by atoms with Crippen LogP contribution in [0.5, 0.6) is 0 Å². The molecule has 3 atom stereocenters. The zero-order valence-electron chi connectivity index (χ0n) is 31.3. The molecule has 0 aromatic heterocycles. The molecule has 0 aliphatic heterocycles. The van der Waals surface area contributed by atoms with Gasteiger partial charge in [0.05, 0.1) is 0 Å². The molecule has 2 rings (SSSR count). The van der Waals surface area contributed by atoms with Gasteiger partial charge in [-0.25, -0.2) is 9.59 Å². The molecule has 4 N–H and O–H groups in total. The maximum Gasteiger partial charge on any atom is 0.408 e. The highest BCUT2D eigenvalue weighted by Gasteiger charge is 2.38. The van der Waals surface area contributed by atoms with Crippen molar-refractivity contribution in [2.75, 3.05) is 6.54 Å². The van der Waals surface area contributed by atoms with E-state index in [1.54, 1.807) is 65.8 Å². The number of terminal acetylenes is 1. The van der Waals surface area contributed by atoms with Crippen LogP contribution in [0.1, 0.15) is 116 Å². The Morgan fingerprint density at radius 1 is 0.824 bits per heavy atom. The lowest BCUT2D eigenvalue weighted by atomic mass is 9.98. The van der Waals surface area contributed by atoms with Crippen LogP contribution in [-0.4, -0.2) is 64.5 Å². The first-order chi connectivity index (χ1) is 23.9. The van der Waals surface area contributed by atoms with Gasteiger partial charge in [-0.3, -0.25) is 14.4 Å². The van der Waals surface area contributed by atoms with Crippen molar-refractivity contribution in [3.63, 3.8) is 0 Å². The van der Waals surface area contributed by atoms with Crippen LogP contribution in [0.25, 0.3) is 0 Å². The number of hydrogen-bond acceptors (Lipinski definition) is 7. The minimum atomic E-state index is -1.26. The van der Waals surface area contributed by atoms with Crippen molar-refractivity contribution in [2.24, 2.45) is 5.73 Å². The van der Waals surface area contributed by atoms with Crippen LogP contribution in [-0.2, 0) is 35.1 Å². The molecule has 0 radical (unpaired) electrons. The number of alkyl carbamates (subject to hydrolysis) is 1. The number of rotatable bonds is 18. The molecule has 0 saturated heterocycles. The highest BCUT2D eigenvalue weighted by Crippen LogP contribution is 2.26. The molecule has 0 aliphatic carbocycles. The van der Waals surface area contributed by atoms with Gasteiger partial charge in [0, 0.05) is 24.9 Å². The van der Waals surface area contributed by atoms with Crippen LogP contribution in [0.15, 0.2) is 54.6 Å². The van der Waals surface area contributed by atoms with Crippen LogP contribution in [0, 0.1) is 12.3 Å². The highest BCUT2D eigenvalue weighted by molar-refractivity contribution is 5.94. The fourth-order valence-corrected chi connectivity index (χ4v) is 5.35. The molecule has 2 aromatic rings. The zero-order chi connectivity index (χ0) is 38.2. The second-order valence-electron chi connectivity index (χ2n) is 14.6.